The van der Waals surface area contributed by atoms with E-state index < -0.39 is 0 Å². The van der Waals surface area contributed by atoms with E-state index in [9.17, 15) is 4.79 Å². The lowest BCUT2D eigenvalue weighted by Gasteiger charge is -2.12. The van der Waals surface area contributed by atoms with Gasteiger partial charge in [0, 0.05) is 19.0 Å². The Labute approximate surface area is 97.6 Å². The summed E-state index contributed by atoms with van der Waals surface area (Å²) in [6.45, 7) is 0.587. The van der Waals surface area contributed by atoms with Gasteiger partial charge in [0.1, 0.15) is 0 Å². The number of carbonyl (C=O) groups is 1. The molecule has 4 N–H and O–H groups in total. The number of nitrogen functional groups attached to an aromatic ring is 1. The summed E-state index contributed by atoms with van der Waals surface area (Å²) in [4.78, 5) is 18.7. The Hall–Kier alpha value is -1.56. The number of anilines is 2. The summed E-state index contributed by atoms with van der Waals surface area (Å²) in [7, 11) is 0. The highest BCUT2D eigenvalue weighted by Gasteiger charge is 2.20. The van der Waals surface area contributed by atoms with E-state index in [0.29, 0.717) is 24.5 Å². The number of halogens is 1. The maximum atomic E-state index is 11.0. The van der Waals surface area contributed by atoms with Crippen LogP contribution in [0.1, 0.15) is 12.8 Å². The SMILES string of the molecule is Nc1cnc(Cl)nc1NCC1CCC(=O)N1. The minimum atomic E-state index is 0.0838. The van der Waals surface area contributed by atoms with Crippen molar-refractivity contribution in [3.63, 3.8) is 0 Å². The lowest BCUT2D eigenvalue weighted by Crippen LogP contribution is -2.32. The van der Waals surface area contributed by atoms with E-state index >= 15 is 0 Å². The largest absolute Gasteiger partial charge is 0.394 e. The summed E-state index contributed by atoms with van der Waals surface area (Å²) in [5, 5.41) is 6.03. The van der Waals surface area contributed by atoms with Crippen molar-refractivity contribution >= 4 is 29.0 Å². The predicted molar refractivity (Wildman–Crippen MR) is 61.1 cm³/mol. The van der Waals surface area contributed by atoms with Gasteiger partial charge < -0.3 is 16.4 Å². The van der Waals surface area contributed by atoms with Gasteiger partial charge >= 0.3 is 0 Å². The van der Waals surface area contributed by atoms with Crippen molar-refractivity contribution in [3.05, 3.63) is 11.5 Å². The van der Waals surface area contributed by atoms with Crippen LogP contribution in [0, 0.1) is 0 Å². The molecule has 0 spiro atoms. The molecule has 1 aliphatic rings. The number of aromatic nitrogens is 2. The van der Waals surface area contributed by atoms with Crippen LogP contribution in [0.4, 0.5) is 11.5 Å². The topological polar surface area (TPSA) is 92.9 Å². The van der Waals surface area contributed by atoms with E-state index in [1.54, 1.807) is 0 Å². The number of rotatable bonds is 3. The van der Waals surface area contributed by atoms with Crippen LogP contribution in [0.5, 0.6) is 0 Å². The van der Waals surface area contributed by atoms with Crippen molar-refractivity contribution in [1.82, 2.24) is 15.3 Å². The molecule has 2 rings (SSSR count). The summed E-state index contributed by atoms with van der Waals surface area (Å²) >= 11 is 5.65. The summed E-state index contributed by atoms with van der Waals surface area (Å²) in [6, 6.07) is 0.126. The van der Waals surface area contributed by atoms with Gasteiger partial charge in [-0.15, -0.1) is 0 Å². The van der Waals surface area contributed by atoms with E-state index in [4.69, 9.17) is 17.3 Å². The normalized spacial score (nSPS) is 19.6. The zero-order valence-corrected chi connectivity index (χ0v) is 9.29. The van der Waals surface area contributed by atoms with Crippen LogP contribution in [0.2, 0.25) is 5.28 Å². The Bertz CT molecular complexity index is 411. The first-order chi connectivity index (χ1) is 7.65. The first-order valence-corrected chi connectivity index (χ1v) is 5.34. The van der Waals surface area contributed by atoms with E-state index in [1.807, 2.05) is 0 Å². The molecule has 86 valence electrons. The quantitative estimate of drug-likeness (QED) is 0.667. The van der Waals surface area contributed by atoms with Crippen LogP contribution in [-0.4, -0.2) is 28.5 Å². The average Bonchev–Trinajstić information content (AvgIpc) is 2.66. The molecule has 1 atom stereocenters. The van der Waals surface area contributed by atoms with Crippen molar-refractivity contribution in [2.75, 3.05) is 17.6 Å². The van der Waals surface area contributed by atoms with Crippen LogP contribution in [0.25, 0.3) is 0 Å². The molecular formula is C9H12ClN5O. The average molecular weight is 242 g/mol. The Morgan fingerprint density at radius 3 is 3.19 bits per heavy atom. The molecule has 1 unspecified atom stereocenters. The summed E-state index contributed by atoms with van der Waals surface area (Å²) < 4.78 is 0. The van der Waals surface area contributed by atoms with Crippen LogP contribution in [0.15, 0.2) is 6.20 Å². The molecule has 2 heterocycles. The molecule has 16 heavy (non-hydrogen) atoms. The Morgan fingerprint density at radius 2 is 2.50 bits per heavy atom. The van der Waals surface area contributed by atoms with E-state index in [2.05, 4.69) is 20.6 Å². The number of hydrogen-bond acceptors (Lipinski definition) is 5. The molecule has 1 aromatic heterocycles. The predicted octanol–water partition coefficient (Wildman–Crippen LogP) is 0.403. The molecule has 7 heteroatoms. The molecule has 0 saturated carbocycles. The summed E-state index contributed by atoms with van der Waals surface area (Å²) in [5.41, 5.74) is 6.11. The van der Waals surface area contributed by atoms with Crippen molar-refractivity contribution in [1.29, 1.82) is 0 Å². The van der Waals surface area contributed by atoms with Gasteiger partial charge in [0.2, 0.25) is 11.2 Å². The third-order valence-electron chi connectivity index (χ3n) is 2.39. The standard InChI is InChI=1S/C9H12ClN5O/c10-9-13-4-6(11)8(15-9)12-3-5-1-2-7(16)14-5/h4-5H,1-3,11H2,(H,14,16)(H,12,13,15). The van der Waals surface area contributed by atoms with Gasteiger partial charge in [-0.25, -0.2) is 4.98 Å². The second kappa shape index (κ2) is 4.52. The molecule has 0 aliphatic carbocycles. The number of amides is 1. The fourth-order valence-electron chi connectivity index (χ4n) is 1.56. The smallest absolute Gasteiger partial charge is 0.224 e. The second-order valence-electron chi connectivity index (χ2n) is 3.63. The Balaban J connectivity index is 1.94. The number of carbonyl (C=O) groups excluding carboxylic acids is 1. The molecule has 1 saturated heterocycles. The first kappa shape index (κ1) is 10.9. The molecule has 1 aliphatic heterocycles. The van der Waals surface area contributed by atoms with Crippen molar-refractivity contribution in [2.24, 2.45) is 0 Å². The van der Waals surface area contributed by atoms with Crippen LogP contribution < -0.4 is 16.4 Å². The highest BCUT2D eigenvalue weighted by molar-refractivity contribution is 6.28. The number of nitrogens with one attached hydrogen (secondary N) is 2. The monoisotopic (exact) mass is 241 g/mol. The zero-order valence-electron chi connectivity index (χ0n) is 8.53. The lowest BCUT2D eigenvalue weighted by atomic mass is 10.2. The van der Waals surface area contributed by atoms with Crippen molar-refractivity contribution in [3.8, 4) is 0 Å². The third kappa shape index (κ3) is 2.52. The fourth-order valence-corrected chi connectivity index (χ4v) is 1.69. The third-order valence-corrected chi connectivity index (χ3v) is 2.57. The summed E-state index contributed by atoms with van der Waals surface area (Å²) in [6.07, 6.45) is 2.85. The molecule has 6 nitrogen and oxygen atoms in total. The molecule has 0 aromatic carbocycles. The van der Waals surface area contributed by atoms with Gasteiger partial charge in [0.25, 0.3) is 0 Å². The molecule has 0 radical (unpaired) electrons. The van der Waals surface area contributed by atoms with Gasteiger partial charge in [0.15, 0.2) is 5.82 Å². The first-order valence-electron chi connectivity index (χ1n) is 4.96. The molecule has 1 amide bonds. The van der Waals surface area contributed by atoms with E-state index in [1.165, 1.54) is 6.20 Å². The van der Waals surface area contributed by atoms with Crippen LogP contribution >= 0.6 is 11.6 Å². The van der Waals surface area contributed by atoms with Gasteiger partial charge in [-0.2, -0.15) is 4.98 Å². The van der Waals surface area contributed by atoms with Crippen LogP contribution in [-0.2, 0) is 4.79 Å². The highest BCUT2D eigenvalue weighted by Crippen LogP contribution is 2.16. The van der Waals surface area contributed by atoms with Crippen molar-refractivity contribution < 1.29 is 4.79 Å². The number of nitrogens with zero attached hydrogens (tertiary/aromatic N) is 2. The fraction of sp³-hybridized carbons (Fsp3) is 0.444. The van der Waals surface area contributed by atoms with Gasteiger partial charge in [-0.1, -0.05) is 0 Å². The number of nitrogens with two attached hydrogens (primary N) is 1. The molecule has 0 bridgehead atoms. The van der Waals surface area contributed by atoms with Gasteiger partial charge in [0.05, 0.1) is 11.9 Å². The van der Waals surface area contributed by atoms with Crippen molar-refractivity contribution in [2.45, 2.75) is 18.9 Å². The Morgan fingerprint density at radius 1 is 1.69 bits per heavy atom. The molecule has 1 fully saturated rings. The van der Waals surface area contributed by atoms with Gasteiger partial charge in [-0.3, -0.25) is 4.79 Å². The second-order valence-corrected chi connectivity index (χ2v) is 3.97. The van der Waals surface area contributed by atoms with E-state index in [-0.39, 0.29) is 17.2 Å². The zero-order chi connectivity index (χ0) is 11.5. The minimum absolute atomic E-state index is 0.0838. The summed E-state index contributed by atoms with van der Waals surface area (Å²) in [5.74, 6) is 0.585. The molecular weight excluding hydrogens is 230 g/mol. The molecule has 1 aromatic rings. The lowest BCUT2D eigenvalue weighted by molar-refractivity contribution is -0.119. The minimum Gasteiger partial charge on any atom is -0.394 e. The highest BCUT2D eigenvalue weighted by atomic mass is 35.5. The maximum Gasteiger partial charge on any atom is 0.224 e. The maximum absolute atomic E-state index is 11.0. The Kier molecular flexibility index (Phi) is 3.09. The van der Waals surface area contributed by atoms with Crippen LogP contribution in [0.3, 0.4) is 0 Å². The van der Waals surface area contributed by atoms with E-state index in [0.717, 1.165) is 6.42 Å². The van der Waals surface area contributed by atoms with Gasteiger partial charge in [-0.05, 0) is 18.0 Å². The number of hydrogen-bond donors (Lipinski definition) is 3.